The van der Waals surface area contributed by atoms with Gasteiger partial charge in [-0.15, -0.1) is 0 Å². The van der Waals surface area contributed by atoms with Gasteiger partial charge in [0, 0.05) is 12.1 Å². The van der Waals surface area contributed by atoms with Gasteiger partial charge in [0.15, 0.2) is 5.78 Å². The van der Waals surface area contributed by atoms with Gasteiger partial charge in [0.25, 0.3) is 5.56 Å². The summed E-state index contributed by atoms with van der Waals surface area (Å²) in [5, 5.41) is 4.13. The third-order valence-electron chi connectivity index (χ3n) is 6.15. The molecule has 6 nitrogen and oxygen atoms in total. The van der Waals surface area contributed by atoms with Crippen molar-refractivity contribution in [2.75, 3.05) is 0 Å². The molecular weight excluding hydrogens is 433 g/mol. The fraction of sp³-hybridized carbons (Fsp3) is 0.250. The quantitative estimate of drug-likeness (QED) is 0.474. The van der Waals surface area contributed by atoms with Crippen molar-refractivity contribution in [2.45, 2.75) is 38.9 Å². The van der Waals surface area contributed by atoms with Gasteiger partial charge in [-0.3, -0.25) is 14.3 Å². The lowest BCUT2D eigenvalue weighted by Crippen LogP contribution is -2.26. The molecule has 1 aliphatic rings. The minimum absolute atomic E-state index is 0.0322. The number of aromatic amines is 1. The molecule has 1 unspecified atom stereocenters. The SMILES string of the molecule is Cc1cc(-c2nc3ccc(C(F)(F)F)cc3c(=O)[nH]2)ccc1C1CCn2ncc(C)c2C1=O. The number of ketones is 1. The largest absolute Gasteiger partial charge is 0.416 e. The molecule has 0 amide bonds. The third-order valence-corrected chi connectivity index (χ3v) is 6.15. The van der Waals surface area contributed by atoms with Crippen molar-refractivity contribution >= 4 is 16.7 Å². The second kappa shape index (κ2) is 7.40. The molecule has 0 spiro atoms. The number of hydrogen-bond donors (Lipinski definition) is 1. The van der Waals surface area contributed by atoms with Gasteiger partial charge in [0.1, 0.15) is 11.5 Å². The number of aromatic nitrogens is 4. The summed E-state index contributed by atoms with van der Waals surface area (Å²) in [7, 11) is 0. The standard InChI is InChI=1S/C24H19F3N4O2/c1-12-9-14(3-5-16(12)17-7-8-31-20(21(17)32)13(2)11-28-31)22-29-19-6-4-15(24(25,26)27)10-18(19)23(33)30-22/h3-6,9-11,17H,7-8H2,1-2H3,(H,29,30,33). The number of benzene rings is 2. The van der Waals surface area contributed by atoms with Crippen molar-refractivity contribution in [3.8, 4) is 11.4 Å². The molecule has 1 aliphatic heterocycles. The molecular formula is C24H19F3N4O2. The number of carbonyl (C=O) groups excluding carboxylic acids is 1. The maximum absolute atomic E-state index is 13.1. The van der Waals surface area contributed by atoms with Crippen LogP contribution in [0.15, 0.2) is 47.4 Å². The van der Waals surface area contributed by atoms with Crippen molar-refractivity contribution in [1.82, 2.24) is 19.7 Å². The number of aryl methyl sites for hydroxylation is 3. The second-order valence-electron chi connectivity index (χ2n) is 8.32. The van der Waals surface area contributed by atoms with Crippen LogP contribution in [0.3, 0.4) is 0 Å². The van der Waals surface area contributed by atoms with E-state index in [0.29, 0.717) is 24.2 Å². The van der Waals surface area contributed by atoms with E-state index >= 15 is 0 Å². The molecule has 0 saturated carbocycles. The first-order valence-electron chi connectivity index (χ1n) is 10.4. The predicted octanol–water partition coefficient (Wildman–Crippen LogP) is 4.79. The monoisotopic (exact) mass is 452 g/mol. The minimum Gasteiger partial charge on any atom is -0.306 e. The van der Waals surface area contributed by atoms with Crippen LogP contribution < -0.4 is 5.56 Å². The van der Waals surface area contributed by atoms with E-state index in [-0.39, 0.29) is 28.4 Å². The summed E-state index contributed by atoms with van der Waals surface area (Å²) < 4.78 is 40.7. The Bertz CT molecular complexity index is 1480. The van der Waals surface area contributed by atoms with Crippen molar-refractivity contribution in [3.05, 3.63) is 80.9 Å². The molecule has 3 heterocycles. The zero-order valence-electron chi connectivity index (χ0n) is 17.8. The van der Waals surface area contributed by atoms with E-state index in [9.17, 15) is 22.8 Å². The highest BCUT2D eigenvalue weighted by molar-refractivity contribution is 6.01. The Morgan fingerprint density at radius 3 is 2.58 bits per heavy atom. The van der Waals surface area contributed by atoms with Crippen LogP contribution in [0.5, 0.6) is 0 Å². The summed E-state index contributed by atoms with van der Waals surface area (Å²) in [6, 6.07) is 8.36. The second-order valence-corrected chi connectivity index (χ2v) is 8.32. The van der Waals surface area contributed by atoms with Gasteiger partial charge >= 0.3 is 6.18 Å². The topological polar surface area (TPSA) is 80.6 Å². The Labute approximate surface area is 186 Å². The first-order valence-corrected chi connectivity index (χ1v) is 10.4. The molecule has 0 bridgehead atoms. The smallest absolute Gasteiger partial charge is 0.306 e. The molecule has 168 valence electrons. The fourth-order valence-corrected chi connectivity index (χ4v) is 4.48. The molecule has 0 radical (unpaired) electrons. The van der Waals surface area contributed by atoms with E-state index in [2.05, 4.69) is 15.1 Å². The zero-order valence-corrected chi connectivity index (χ0v) is 17.8. The highest BCUT2D eigenvalue weighted by atomic mass is 19.4. The van der Waals surface area contributed by atoms with Crippen LogP contribution in [0.25, 0.3) is 22.3 Å². The molecule has 33 heavy (non-hydrogen) atoms. The van der Waals surface area contributed by atoms with Gasteiger partial charge in [0.2, 0.25) is 0 Å². The Morgan fingerprint density at radius 1 is 1.06 bits per heavy atom. The molecule has 1 N–H and O–H groups in total. The summed E-state index contributed by atoms with van der Waals surface area (Å²) >= 11 is 0. The van der Waals surface area contributed by atoms with Crippen molar-refractivity contribution in [3.63, 3.8) is 0 Å². The number of nitrogens with zero attached hydrogens (tertiary/aromatic N) is 3. The summed E-state index contributed by atoms with van der Waals surface area (Å²) in [6.07, 6.45) is -2.20. The van der Waals surface area contributed by atoms with Crippen LogP contribution in [0, 0.1) is 13.8 Å². The maximum Gasteiger partial charge on any atom is 0.416 e. The molecule has 4 aromatic rings. The van der Waals surface area contributed by atoms with Gasteiger partial charge in [0.05, 0.1) is 28.6 Å². The molecule has 9 heteroatoms. The first-order chi connectivity index (χ1) is 15.6. The Balaban J connectivity index is 1.52. The van der Waals surface area contributed by atoms with Crippen LogP contribution in [-0.2, 0) is 12.7 Å². The molecule has 0 fully saturated rings. The molecule has 2 aromatic heterocycles. The summed E-state index contributed by atoms with van der Waals surface area (Å²) in [5.74, 6) is 0.00181. The van der Waals surface area contributed by atoms with Crippen molar-refractivity contribution in [1.29, 1.82) is 0 Å². The van der Waals surface area contributed by atoms with Gasteiger partial charge in [-0.2, -0.15) is 18.3 Å². The van der Waals surface area contributed by atoms with Crippen molar-refractivity contribution in [2.24, 2.45) is 0 Å². The Morgan fingerprint density at radius 2 is 1.85 bits per heavy atom. The van der Waals surface area contributed by atoms with Gasteiger partial charge < -0.3 is 4.98 Å². The molecule has 0 saturated heterocycles. The van der Waals surface area contributed by atoms with E-state index in [1.54, 1.807) is 16.9 Å². The van der Waals surface area contributed by atoms with E-state index in [4.69, 9.17) is 0 Å². The molecule has 0 aliphatic carbocycles. The number of H-pyrrole nitrogens is 1. The average molecular weight is 452 g/mol. The lowest BCUT2D eigenvalue weighted by Gasteiger charge is -2.24. The van der Waals surface area contributed by atoms with Gasteiger partial charge in [-0.1, -0.05) is 12.1 Å². The number of carbonyl (C=O) groups is 1. The summed E-state index contributed by atoms with van der Waals surface area (Å²) in [5.41, 5.74) is 2.49. The minimum atomic E-state index is -4.54. The molecule has 5 rings (SSSR count). The Hall–Kier alpha value is -3.75. The zero-order chi connectivity index (χ0) is 23.5. The van der Waals surface area contributed by atoms with E-state index in [1.807, 2.05) is 26.0 Å². The first kappa shape index (κ1) is 21.1. The normalized spacial score (nSPS) is 16.3. The molecule has 2 aromatic carbocycles. The van der Waals surface area contributed by atoms with E-state index < -0.39 is 17.3 Å². The Kier molecular flexibility index (Phi) is 4.73. The van der Waals surface area contributed by atoms with Crippen LogP contribution in [0.2, 0.25) is 0 Å². The number of alkyl halides is 3. The lowest BCUT2D eigenvalue weighted by molar-refractivity contribution is -0.137. The summed E-state index contributed by atoms with van der Waals surface area (Å²) in [6.45, 7) is 4.41. The van der Waals surface area contributed by atoms with Gasteiger partial charge in [-0.25, -0.2) is 4.98 Å². The number of nitrogens with one attached hydrogen (secondary N) is 1. The number of halogens is 3. The number of hydrogen-bond acceptors (Lipinski definition) is 4. The number of rotatable bonds is 2. The predicted molar refractivity (Wildman–Crippen MR) is 116 cm³/mol. The highest BCUT2D eigenvalue weighted by Gasteiger charge is 2.32. The highest BCUT2D eigenvalue weighted by Crippen LogP contribution is 2.34. The van der Waals surface area contributed by atoms with Crippen LogP contribution >= 0.6 is 0 Å². The number of Topliss-reactive ketones (excluding diaryl/α,β-unsaturated/α-hetero) is 1. The van der Waals surface area contributed by atoms with Gasteiger partial charge in [-0.05, 0) is 61.2 Å². The maximum atomic E-state index is 13.1. The average Bonchev–Trinajstić information content (AvgIpc) is 3.15. The van der Waals surface area contributed by atoms with Crippen LogP contribution in [0.4, 0.5) is 13.2 Å². The molecule has 1 atom stereocenters. The third kappa shape index (κ3) is 3.53. The lowest BCUT2D eigenvalue weighted by atomic mass is 9.84. The van der Waals surface area contributed by atoms with E-state index in [1.165, 1.54) is 6.07 Å². The van der Waals surface area contributed by atoms with Crippen LogP contribution in [-0.4, -0.2) is 25.5 Å². The van der Waals surface area contributed by atoms with Crippen LogP contribution in [0.1, 0.15) is 45.1 Å². The van der Waals surface area contributed by atoms with Crippen molar-refractivity contribution < 1.29 is 18.0 Å². The number of fused-ring (bicyclic) bond motifs is 2. The fourth-order valence-electron chi connectivity index (χ4n) is 4.48. The summed E-state index contributed by atoms with van der Waals surface area (Å²) in [4.78, 5) is 32.5. The van der Waals surface area contributed by atoms with E-state index in [0.717, 1.165) is 28.8 Å².